The Morgan fingerprint density at radius 3 is 2.33 bits per heavy atom. The number of nitrogens with zero attached hydrogens (tertiary/aromatic N) is 6. The third-order valence-electron chi connectivity index (χ3n) is 6.80. The van der Waals surface area contributed by atoms with Gasteiger partial charge in [0.15, 0.2) is 5.82 Å². The number of benzene rings is 3. The first-order valence-electron chi connectivity index (χ1n) is 12.4. The van der Waals surface area contributed by atoms with E-state index in [2.05, 4.69) is 99.9 Å². The molecule has 0 radical (unpaired) electrons. The van der Waals surface area contributed by atoms with Crippen molar-refractivity contribution < 1.29 is 0 Å². The smallest absolute Gasteiger partial charge is 0.178 e. The van der Waals surface area contributed by atoms with Crippen molar-refractivity contribution in [2.75, 3.05) is 32.7 Å². The molecule has 1 unspecified atom stereocenters. The molecule has 3 aromatic carbocycles. The van der Waals surface area contributed by atoms with Gasteiger partial charge in [-0.3, -0.25) is 9.80 Å². The highest BCUT2D eigenvalue weighted by Gasteiger charge is 2.31. The maximum absolute atomic E-state index is 6.43. The van der Waals surface area contributed by atoms with Crippen LogP contribution in [-0.4, -0.2) is 62.7 Å². The van der Waals surface area contributed by atoms with Gasteiger partial charge in [0.2, 0.25) is 0 Å². The average molecular weight is 499 g/mol. The van der Waals surface area contributed by atoms with Crippen LogP contribution in [0.25, 0.3) is 11.8 Å². The van der Waals surface area contributed by atoms with Crippen LogP contribution in [0.3, 0.4) is 0 Å². The lowest BCUT2D eigenvalue weighted by molar-refractivity contribution is 0.113. The van der Waals surface area contributed by atoms with E-state index in [0.717, 1.165) is 60.9 Å². The van der Waals surface area contributed by atoms with Gasteiger partial charge in [-0.2, -0.15) is 4.68 Å². The number of piperazine rings is 1. The van der Waals surface area contributed by atoms with E-state index in [1.165, 1.54) is 5.56 Å². The number of tetrazole rings is 1. The third kappa shape index (κ3) is 5.41. The van der Waals surface area contributed by atoms with Crippen molar-refractivity contribution in [2.24, 2.45) is 0 Å². The maximum atomic E-state index is 6.43. The molecule has 0 aliphatic carbocycles. The largest absolute Gasteiger partial charge is 0.297 e. The van der Waals surface area contributed by atoms with Crippen LogP contribution in [0.2, 0.25) is 5.02 Å². The van der Waals surface area contributed by atoms with Crippen molar-refractivity contribution in [3.8, 4) is 5.69 Å². The number of para-hydroxylation sites is 1. The van der Waals surface area contributed by atoms with Gasteiger partial charge in [-0.1, -0.05) is 84.4 Å². The molecule has 6 nitrogen and oxygen atoms in total. The van der Waals surface area contributed by atoms with Gasteiger partial charge in [-0.05, 0) is 58.7 Å². The monoisotopic (exact) mass is 498 g/mol. The first-order chi connectivity index (χ1) is 17.6. The summed E-state index contributed by atoms with van der Waals surface area (Å²) in [7, 11) is 0. The van der Waals surface area contributed by atoms with E-state index in [9.17, 15) is 0 Å². The van der Waals surface area contributed by atoms with Crippen molar-refractivity contribution in [2.45, 2.75) is 19.9 Å². The Morgan fingerprint density at radius 1 is 0.889 bits per heavy atom. The van der Waals surface area contributed by atoms with Gasteiger partial charge in [0, 0.05) is 37.7 Å². The summed E-state index contributed by atoms with van der Waals surface area (Å²) in [4.78, 5) is 4.96. The fourth-order valence-electron chi connectivity index (χ4n) is 4.97. The Labute approximate surface area is 217 Å². The van der Waals surface area contributed by atoms with E-state index < -0.39 is 0 Å². The number of halogens is 1. The minimum Gasteiger partial charge on any atom is -0.297 e. The fraction of sp³-hybridized carbons (Fsp3) is 0.276. The van der Waals surface area contributed by atoms with E-state index in [1.807, 2.05) is 28.9 Å². The van der Waals surface area contributed by atoms with Crippen molar-refractivity contribution >= 4 is 17.7 Å². The van der Waals surface area contributed by atoms with Gasteiger partial charge in [-0.25, -0.2) is 0 Å². The lowest BCUT2D eigenvalue weighted by Gasteiger charge is -2.38. The third-order valence-corrected chi connectivity index (χ3v) is 7.03. The molecule has 1 saturated heterocycles. The van der Waals surface area contributed by atoms with Crippen molar-refractivity contribution in [3.63, 3.8) is 0 Å². The Hall–Kier alpha value is -3.32. The van der Waals surface area contributed by atoms with E-state index in [-0.39, 0.29) is 6.04 Å². The number of rotatable bonds is 7. The lowest BCUT2D eigenvalue weighted by atomic mass is 10.0. The Bertz CT molecular complexity index is 1300. The highest BCUT2D eigenvalue weighted by atomic mass is 35.5. The SMILES string of the molecule is Cc1cccc(C)c1-n1nnnc1C(c1cccc(Cl)c1)N1CCN(C/C=C/c2ccccc2)CC1. The van der Waals surface area contributed by atoms with E-state index in [4.69, 9.17) is 11.6 Å². The number of hydrogen-bond acceptors (Lipinski definition) is 5. The molecule has 1 aliphatic rings. The van der Waals surface area contributed by atoms with Gasteiger partial charge in [-0.15, -0.1) is 5.10 Å². The van der Waals surface area contributed by atoms with Crippen molar-refractivity contribution in [3.05, 3.63) is 112 Å². The molecule has 184 valence electrons. The van der Waals surface area contributed by atoms with Gasteiger partial charge in [0.25, 0.3) is 0 Å². The second-order valence-corrected chi connectivity index (χ2v) is 9.73. The second-order valence-electron chi connectivity index (χ2n) is 9.30. The van der Waals surface area contributed by atoms with E-state index in [0.29, 0.717) is 5.02 Å². The maximum Gasteiger partial charge on any atom is 0.178 e. The summed E-state index contributed by atoms with van der Waals surface area (Å²) >= 11 is 6.43. The first-order valence-corrected chi connectivity index (χ1v) is 12.8. The normalized spacial score (nSPS) is 16.0. The molecule has 7 heteroatoms. The molecule has 0 bridgehead atoms. The standard InChI is InChI=1S/C29H31ClN6/c1-22-9-6-10-23(2)27(22)36-29(31-32-33-36)28(25-14-7-15-26(30)21-25)35-19-17-34(18-20-35)16-8-13-24-11-4-3-5-12-24/h3-15,21,28H,16-20H2,1-2H3/b13-8+. The zero-order valence-electron chi connectivity index (χ0n) is 20.8. The van der Waals surface area contributed by atoms with Crippen LogP contribution in [0, 0.1) is 13.8 Å². The summed E-state index contributed by atoms with van der Waals surface area (Å²) in [5, 5.41) is 13.8. The molecule has 1 aromatic heterocycles. The van der Waals surface area contributed by atoms with Crippen LogP contribution in [0.1, 0.15) is 34.1 Å². The molecule has 5 rings (SSSR count). The molecular weight excluding hydrogens is 468 g/mol. The summed E-state index contributed by atoms with van der Waals surface area (Å²) in [6.45, 7) is 8.91. The van der Waals surface area contributed by atoms with Crippen molar-refractivity contribution in [1.82, 2.24) is 30.0 Å². The number of hydrogen-bond donors (Lipinski definition) is 0. The molecule has 36 heavy (non-hydrogen) atoms. The van der Waals surface area contributed by atoms with E-state index in [1.54, 1.807) is 0 Å². The quantitative estimate of drug-likeness (QED) is 0.343. The zero-order valence-corrected chi connectivity index (χ0v) is 21.5. The summed E-state index contributed by atoms with van der Waals surface area (Å²) in [5.74, 6) is 0.812. The number of aromatic nitrogens is 4. The minimum atomic E-state index is -0.0975. The van der Waals surface area contributed by atoms with Crippen LogP contribution in [-0.2, 0) is 0 Å². The highest BCUT2D eigenvalue weighted by molar-refractivity contribution is 6.30. The predicted molar refractivity (Wildman–Crippen MR) is 145 cm³/mol. The summed E-state index contributed by atoms with van der Waals surface area (Å²) in [6, 6.07) is 24.7. The zero-order chi connectivity index (χ0) is 24.9. The predicted octanol–water partition coefficient (Wildman–Crippen LogP) is 5.35. The fourth-order valence-corrected chi connectivity index (χ4v) is 5.17. The van der Waals surface area contributed by atoms with Gasteiger partial charge in [0.05, 0.1) is 11.7 Å². The molecule has 0 saturated carbocycles. The van der Waals surface area contributed by atoms with Crippen LogP contribution in [0.15, 0.2) is 78.9 Å². The molecule has 1 atom stereocenters. The second kappa shape index (κ2) is 11.2. The molecule has 0 spiro atoms. The van der Waals surface area contributed by atoms with E-state index >= 15 is 0 Å². The summed E-state index contributed by atoms with van der Waals surface area (Å²) in [5.41, 5.74) is 5.65. The molecule has 1 fully saturated rings. The molecule has 2 heterocycles. The Morgan fingerprint density at radius 2 is 1.61 bits per heavy atom. The first kappa shape index (κ1) is 24.4. The van der Waals surface area contributed by atoms with Gasteiger partial charge in [0.1, 0.15) is 0 Å². The van der Waals surface area contributed by atoms with Crippen molar-refractivity contribution in [1.29, 1.82) is 0 Å². The van der Waals surface area contributed by atoms with Crippen LogP contribution in [0.4, 0.5) is 0 Å². The van der Waals surface area contributed by atoms with Crippen LogP contribution >= 0.6 is 11.6 Å². The Balaban J connectivity index is 1.39. The van der Waals surface area contributed by atoms with Gasteiger partial charge < -0.3 is 0 Å². The number of aryl methyl sites for hydroxylation is 2. The molecule has 0 amide bonds. The summed E-state index contributed by atoms with van der Waals surface area (Å²) < 4.78 is 1.91. The lowest BCUT2D eigenvalue weighted by Crippen LogP contribution is -2.48. The average Bonchev–Trinajstić information content (AvgIpc) is 3.34. The molecule has 4 aromatic rings. The molecule has 0 N–H and O–H groups in total. The molecular formula is C29H31ClN6. The summed E-state index contributed by atoms with van der Waals surface area (Å²) in [6.07, 6.45) is 4.45. The van der Waals surface area contributed by atoms with Gasteiger partial charge >= 0.3 is 0 Å². The van der Waals surface area contributed by atoms with Crippen LogP contribution < -0.4 is 0 Å². The Kier molecular flexibility index (Phi) is 7.56. The minimum absolute atomic E-state index is 0.0975. The van der Waals surface area contributed by atoms with Crippen LogP contribution in [0.5, 0.6) is 0 Å². The highest BCUT2D eigenvalue weighted by Crippen LogP contribution is 2.32. The topological polar surface area (TPSA) is 50.1 Å². The molecule has 1 aliphatic heterocycles.